The predicted molar refractivity (Wildman–Crippen MR) is 44.3 cm³/mol. The Kier molecular flexibility index (Phi) is 2.79. The summed E-state index contributed by atoms with van der Waals surface area (Å²) in [5, 5.41) is 14.7. The van der Waals surface area contributed by atoms with Gasteiger partial charge in [0.05, 0.1) is 11.8 Å². The van der Waals surface area contributed by atoms with Gasteiger partial charge in [0.15, 0.2) is 5.78 Å². The molecule has 0 aromatic carbocycles. The van der Waals surface area contributed by atoms with Crippen LogP contribution in [0.1, 0.15) is 23.7 Å². The van der Waals surface area contributed by atoms with Crippen LogP contribution in [0.15, 0.2) is 12.4 Å². The number of aromatic amines is 1. The van der Waals surface area contributed by atoms with E-state index in [1.807, 2.05) is 0 Å². The van der Waals surface area contributed by atoms with Crippen LogP contribution in [-0.4, -0.2) is 27.1 Å². The lowest BCUT2D eigenvalue weighted by Crippen LogP contribution is -2.22. The van der Waals surface area contributed by atoms with Gasteiger partial charge >= 0.3 is 5.97 Å². The molecule has 0 aliphatic carbocycles. The van der Waals surface area contributed by atoms with Crippen molar-refractivity contribution >= 4 is 11.8 Å². The number of aliphatic carboxylic acids is 1. The molecular weight excluding hydrogens is 172 g/mol. The molecule has 0 aliphatic rings. The molecule has 5 heteroatoms. The molecule has 0 bridgehead atoms. The summed E-state index contributed by atoms with van der Waals surface area (Å²) in [6.07, 6.45) is 3.02. The van der Waals surface area contributed by atoms with Crippen LogP contribution in [0.3, 0.4) is 0 Å². The van der Waals surface area contributed by atoms with Crippen LogP contribution in [-0.2, 0) is 4.79 Å². The molecule has 2 N–H and O–H groups in total. The maximum absolute atomic E-state index is 11.4. The van der Waals surface area contributed by atoms with Crippen molar-refractivity contribution in [1.29, 1.82) is 0 Å². The number of aromatic nitrogens is 2. The highest BCUT2D eigenvalue weighted by Gasteiger charge is 2.25. The third-order valence-corrected chi connectivity index (χ3v) is 1.81. The third kappa shape index (κ3) is 1.93. The number of nitrogens with zero attached hydrogens (tertiary/aromatic N) is 1. The van der Waals surface area contributed by atoms with Crippen molar-refractivity contribution in [3.63, 3.8) is 0 Å². The minimum atomic E-state index is -1.09. The zero-order chi connectivity index (χ0) is 9.84. The second kappa shape index (κ2) is 3.84. The Hall–Kier alpha value is -1.65. The largest absolute Gasteiger partial charge is 0.481 e. The molecule has 0 saturated carbocycles. The number of nitrogens with one attached hydrogen (secondary N) is 1. The molecule has 0 radical (unpaired) electrons. The Morgan fingerprint density at radius 1 is 1.69 bits per heavy atom. The van der Waals surface area contributed by atoms with E-state index in [0.29, 0.717) is 12.0 Å². The van der Waals surface area contributed by atoms with Gasteiger partial charge in [-0.15, -0.1) is 0 Å². The molecule has 0 spiro atoms. The standard InChI is InChI=1S/C8H10N2O3/c1-2-6(8(12)13)7(11)5-3-9-10-4-5/h3-4,6H,2H2,1H3,(H,9,10)(H,12,13). The van der Waals surface area contributed by atoms with Crippen molar-refractivity contribution in [2.45, 2.75) is 13.3 Å². The first-order chi connectivity index (χ1) is 6.16. The van der Waals surface area contributed by atoms with Gasteiger partial charge in [0.2, 0.25) is 0 Å². The zero-order valence-electron chi connectivity index (χ0n) is 7.15. The first kappa shape index (κ1) is 9.44. The van der Waals surface area contributed by atoms with Gasteiger partial charge in [0, 0.05) is 6.20 Å². The Morgan fingerprint density at radius 3 is 2.77 bits per heavy atom. The Morgan fingerprint density at radius 2 is 2.38 bits per heavy atom. The quantitative estimate of drug-likeness (QED) is 0.530. The van der Waals surface area contributed by atoms with E-state index in [0.717, 1.165) is 0 Å². The SMILES string of the molecule is CCC(C(=O)O)C(=O)c1cn[nH]c1. The fourth-order valence-corrected chi connectivity index (χ4v) is 1.06. The molecule has 0 amide bonds. The summed E-state index contributed by atoms with van der Waals surface area (Å²) in [6, 6.07) is 0. The molecule has 0 saturated heterocycles. The van der Waals surface area contributed by atoms with Crippen molar-refractivity contribution in [2.75, 3.05) is 0 Å². The lowest BCUT2D eigenvalue weighted by molar-refractivity contribution is -0.140. The number of H-pyrrole nitrogens is 1. The van der Waals surface area contributed by atoms with Gasteiger partial charge in [-0.2, -0.15) is 5.10 Å². The smallest absolute Gasteiger partial charge is 0.314 e. The van der Waals surface area contributed by atoms with Crippen LogP contribution in [0.4, 0.5) is 0 Å². The summed E-state index contributed by atoms with van der Waals surface area (Å²) in [7, 11) is 0. The minimum absolute atomic E-state index is 0.291. The summed E-state index contributed by atoms with van der Waals surface area (Å²) < 4.78 is 0. The van der Waals surface area contributed by atoms with E-state index in [-0.39, 0.29) is 0 Å². The van der Waals surface area contributed by atoms with Crippen molar-refractivity contribution in [3.05, 3.63) is 18.0 Å². The fraction of sp³-hybridized carbons (Fsp3) is 0.375. The third-order valence-electron chi connectivity index (χ3n) is 1.81. The molecule has 1 rings (SSSR count). The molecule has 1 atom stereocenters. The summed E-state index contributed by atoms with van der Waals surface area (Å²) >= 11 is 0. The number of Topliss-reactive ketones (excluding diaryl/α,β-unsaturated/α-hetero) is 1. The van der Waals surface area contributed by atoms with Crippen molar-refractivity contribution in [2.24, 2.45) is 5.92 Å². The van der Waals surface area contributed by atoms with Crippen LogP contribution in [0, 0.1) is 5.92 Å². The average molecular weight is 182 g/mol. The number of ketones is 1. The number of carbonyl (C=O) groups excluding carboxylic acids is 1. The average Bonchev–Trinajstić information content (AvgIpc) is 2.56. The maximum Gasteiger partial charge on any atom is 0.314 e. The van der Waals surface area contributed by atoms with Gasteiger partial charge in [-0.05, 0) is 6.42 Å². The van der Waals surface area contributed by atoms with E-state index in [1.165, 1.54) is 12.4 Å². The Bertz CT molecular complexity index is 305. The molecule has 5 nitrogen and oxygen atoms in total. The summed E-state index contributed by atoms with van der Waals surface area (Å²) in [5.74, 6) is -2.45. The normalized spacial score (nSPS) is 12.4. The topological polar surface area (TPSA) is 83.0 Å². The Labute approximate surface area is 74.8 Å². The number of carboxylic acids is 1. The van der Waals surface area contributed by atoms with E-state index in [1.54, 1.807) is 6.92 Å². The number of hydrogen-bond donors (Lipinski definition) is 2. The monoisotopic (exact) mass is 182 g/mol. The molecule has 70 valence electrons. The van der Waals surface area contributed by atoms with Crippen LogP contribution in [0.25, 0.3) is 0 Å². The molecular formula is C8H10N2O3. The van der Waals surface area contributed by atoms with Gasteiger partial charge in [-0.1, -0.05) is 6.92 Å². The maximum atomic E-state index is 11.4. The first-order valence-electron chi connectivity index (χ1n) is 3.92. The van der Waals surface area contributed by atoms with Crippen molar-refractivity contribution in [3.8, 4) is 0 Å². The van der Waals surface area contributed by atoms with Crippen LogP contribution >= 0.6 is 0 Å². The number of carbonyl (C=O) groups is 2. The van der Waals surface area contributed by atoms with E-state index >= 15 is 0 Å². The lowest BCUT2D eigenvalue weighted by Gasteiger charge is -2.05. The van der Waals surface area contributed by atoms with Gasteiger partial charge in [-0.3, -0.25) is 14.7 Å². The van der Waals surface area contributed by atoms with Crippen molar-refractivity contribution < 1.29 is 14.7 Å². The lowest BCUT2D eigenvalue weighted by atomic mass is 9.98. The molecule has 1 unspecified atom stereocenters. The van der Waals surface area contributed by atoms with Crippen LogP contribution in [0.2, 0.25) is 0 Å². The highest BCUT2D eigenvalue weighted by Crippen LogP contribution is 2.11. The first-order valence-corrected chi connectivity index (χ1v) is 3.92. The molecule has 0 fully saturated rings. The van der Waals surface area contributed by atoms with Crippen molar-refractivity contribution in [1.82, 2.24) is 10.2 Å². The molecule has 1 heterocycles. The second-order valence-corrected chi connectivity index (χ2v) is 2.65. The molecule has 13 heavy (non-hydrogen) atoms. The zero-order valence-corrected chi connectivity index (χ0v) is 7.15. The van der Waals surface area contributed by atoms with Gasteiger partial charge in [-0.25, -0.2) is 0 Å². The molecule has 1 aromatic heterocycles. The van der Waals surface area contributed by atoms with Crippen LogP contribution in [0.5, 0.6) is 0 Å². The summed E-state index contributed by atoms with van der Waals surface area (Å²) in [4.78, 5) is 22.1. The number of rotatable bonds is 4. The van der Waals surface area contributed by atoms with Gasteiger partial charge in [0.1, 0.15) is 5.92 Å². The number of carboxylic acid groups (broad SMARTS) is 1. The number of hydrogen-bond acceptors (Lipinski definition) is 3. The van der Waals surface area contributed by atoms with Gasteiger partial charge in [0.25, 0.3) is 0 Å². The van der Waals surface area contributed by atoms with E-state index < -0.39 is 17.7 Å². The van der Waals surface area contributed by atoms with E-state index in [2.05, 4.69) is 10.2 Å². The van der Waals surface area contributed by atoms with Gasteiger partial charge < -0.3 is 5.11 Å². The predicted octanol–water partition coefficient (Wildman–Crippen LogP) is 0.703. The van der Waals surface area contributed by atoms with E-state index in [4.69, 9.17) is 5.11 Å². The highest BCUT2D eigenvalue weighted by molar-refractivity contribution is 6.07. The molecule has 0 aliphatic heterocycles. The summed E-state index contributed by atoms with van der Waals surface area (Å²) in [6.45, 7) is 1.66. The van der Waals surface area contributed by atoms with E-state index in [9.17, 15) is 9.59 Å². The fourth-order valence-electron chi connectivity index (χ4n) is 1.06. The highest BCUT2D eigenvalue weighted by atomic mass is 16.4. The Balaban J connectivity index is 2.83. The molecule has 1 aromatic rings. The minimum Gasteiger partial charge on any atom is -0.481 e. The summed E-state index contributed by atoms with van der Waals surface area (Å²) in [5.41, 5.74) is 0.314. The second-order valence-electron chi connectivity index (χ2n) is 2.65. The van der Waals surface area contributed by atoms with Crippen LogP contribution < -0.4 is 0 Å².